The molecule has 0 radical (unpaired) electrons. The Labute approximate surface area is 140 Å². The first-order valence-corrected chi connectivity index (χ1v) is 7.81. The van der Waals surface area contributed by atoms with Gasteiger partial charge in [-0.15, -0.1) is 0 Å². The lowest BCUT2D eigenvalue weighted by Gasteiger charge is -2.20. The molecule has 2 N–H and O–H groups in total. The number of halogens is 1. The van der Waals surface area contributed by atoms with Crippen LogP contribution in [0, 0.1) is 11.7 Å². The number of amides is 2. The molecule has 2 aliphatic heterocycles. The molecular formula is C18H20FN3O2. The molecule has 126 valence electrons. The molecule has 0 aromatic heterocycles. The van der Waals surface area contributed by atoms with Gasteiger partial charge in [-0.2, -0.15) is 0 Å². The molecule has 1 aromatic rings. The van der Waals surface area contributed by atoms with Crippen LogP contribution in [0.3, 0.4) is 0 Å². The van der Waals surface area contributed by atoms with Gasteiger partial charge in [0.05, 0.1) is 11.5 Å². The monoisotopic (exact) mass is 329 g/mol. The van der Waals surface area contributed by atoms with Gasteiger partial charge in [-0.3, -0.25) is 9.59 Å². The summed E-state index contributed by atoms with van der Waals surface area (Å²) in [6.45, 7) is 3.82. The van der Waals surface area contributed by atoms with Crippen LogP contribution in [0.1, 0.15) is 19.4 Å². The van der Waals surface area contributed by atoms with Crippen molar-refractivity contribution < 1.29 is 14.0 Å². The van der Waals surface area contributed by atoms with E-state index in [1.54, 1.807) is 31.1 Å². The van der Waals surface area contributed by atoms with Gasteiger partial charge >= 0.3 is 0 Å². The third kappa shape index (κ3) is 2.58. The second-order valence-electron chi connectivity index (χ2n) is 6.44. The first-order chi connectivity index (χ1) is 11.3. The summed E-state index contributed by atoms with van der Waals surface area (Å²) in [6.07, 6.45) is 1.70. The van der Waals surface area contributed by atoms with E-state index in [9.17, 15) is 14.0 Å². The van der Waals surface area contributed by atoms with E-state index in [4.69, 9.17) is 0 Å². The Kier molecular flexibility index (Phi) is 3.91. The molecule has 0 bridgehead atoms. The predicted octanol–water partition coefficient (Wildman–Crippen LogP) is 2.13. The molecule has 2 aliphatic rings. The van der Waals surface area contributed by atoms with Gasteiger partial charge in [0, 0.05) is 37.1 Å². The standard InChI is InChI=1S/C18H20FN3O2/c1-9-15(20-10(2)16(9)18(24)22(3)4)8-13-12-7-11(19)5-6-14(12)21-17(13)23/h5-8,10,16,20H,1-4H3,(H,21,23)/b13-8-. The zero-order chi connectivity index (χ0) is 17.6. The summed E-state index contributed by atoms with van der Waals surface area (Å²) >= 11 is 0. The van der Waals surface area contributed by atoms with E-state index < -0.39 is 5.82 Å². The van der Waals surface area contributed by atoms with Gasteiger partial charge in [-0.05, 0) is 43.7 Å². The number of anilines is 1. The van der Waals surface area contributed by atoms with Gasteiger partial charge in [-0.25, -0.2) is 4.39 Å². The molecule has 0 saturated carbocycles. The lowest BCUT2D eigenvalue weighted by molar-refractivity contribution is -0.132. The number of benzene rings is 1. The van der Waals surface area contributed by atoms with Crippen molar-refractivity contribution in [1.82, 2.24) is 10.2 Å². The summed E-state index contributed by atoms with van der Waals surface area (Å²) in [4.78, 5) is 26.1. The predicted molar refractivity (Wildman–Crippen MR) is 90.5 cm³/mol. The molecule has 5 nitrogen and oxygen atoms in total. The second kappa shape index (κ2) is 5.78. The van der Waals surface area contributed by atoms with E-state index in [2.05, 4.69) is 10.6 Å². The maximum atomic E-state index is 13.5. The summed E-state index contributed by atoms with van der Waals surface area (Å²) in [5.74, 6) is -0.922. The molecular weight excluding hydrogens is 309 g/mol. The molecule has 24 heavy (non-hydrogen) atoms. The molecule has 3 rings (SSSR count). The van der Waals surface area contributed by atoms with Gasteiger partial charge in [-0.1, -0.05) is 0 Å². The topological polar surface area (TPSA) is 61.4 Å². The maximum Gasteiger partial charge on any atom is 0.256 e. The Bertz CT molecular complexity index is 795. The number of hydrogen-bond donors (Lipinski definition) is 2. The Morgan fingerprint density at radius 2 is 2.04 bits per heavy atom. The van der Waals surface area contributed by atoms with E-state index in [-0.39, 0.29) is 23.8 Å². The number of fused-ring (bicyclic) bond motifs is 1. The van der Waals surface area contributed by atoms with Crippen molar-refractivity contribution >= 4 is 23.1 Å². The highest BCUT2D eigenvalue weighted by atomic mass is 19.1. The minimum absolute atomic E-state index is 0.0169. The van der Waals surface area contributed by atoms with Crippen LogP contribution in [-0.4, -0.2) is 36.9 Å². The number of allylic oxidation sites excluding steroid dienone is 1. The first-order valence-electron chi connectivity index (χ1n) is 7.81. The fourth-order valence-electron chi connectivity index (χ4n) is 3.27. The van der Waals surface area contributed by atoms with Gasteiger partial charge in [0.2, 0.25) is 5.91 Å². The molecule has 0 spiro atoms. The smallest absolute Gasteiger partial charge is 0.256 e. The fourth-order valence-corrected chi connectivity index (χ4v) is 3.27. The number of rotatable bonds is 2. The quantitative estimate of drug-likeness (QED) is 0.817. The van der Waals surface area contributed by atoms with Crippen LogP contribution in [0.25, 0.3) is 5.57 Å². The first kappa shape index (κ1) is 16.2. The largest absolute Gasteiger partial charge is 0.381 e. The molecule has 2 heterocycles. The summed E-state index contributed by atoms with van der Waals surface area (Å²) in [7, 11) is 3.45. The van der Waals surface area contributed by atoms with Crippen LogP contribution in [0.15, 0.2) is 35.5 Å². The Balaban J connectivity index is 2.02. The molecule has 0 fully saturated rings. The molecule has 2 atom stereocenters. The van der Waals surface area contributed by atoms with Crippen molar-refractivity contribution in [2.75, 3.05) is 19.4 Å². The van der Waals surface area contributed by atoms with Crippen molar-refractivity contribution in [1.29, 1.82) is 0 Å². The van der Waals surface area contributed by atoms with Gasteiger partial charge in [0.1, 0.15) is 5.82 Å². The Morgan fingerprint density at radius 1 is 1.33 bits per heavy atom. The van der Waals surface area contributed by atoms with Crippen LogP contribution < -0.4 is 10.6 Å². The van der Waals surface area contributed by atoms with E-state index in [1.807, 2.05) is 13.8 Å². The van der Waals surface area contributed by atoms with Gasteiger partial charge < -0.3 is 15.5 Å². The van der Waals surface area contributed by atoms with Crippen molar-refractivity contribution in [2.45, 2.75) is 19.9 Å². The molecule has 6 heteroatoms. The summed E-state index contributed by atoms with van der Waals surface area (Å²) < 4.78 is 13.5. The zero-order valence-electron chi connectivity index (χ0n) is 14.1. The lowest BCUT2D eigenvalue weighted by atomic mass is 9.94. The minimum Gasteiger partial charge on any atom is -0.381 e. The number of carbonyl (C=O) groups is 2. The summed E-state index contributed by atoms with van der Waals surface area (Å²) in [6, 6.07) is 4.14. The van der Waals surface area contributed by atoms with Crippen LogP contribution in [0.4, 0.5) is 10.1 Å². The highest BCUT2D eigenvalue weighted by Gasteiger charge is 2.35. The van der Waals surface area contributed by atoms with Crippen molar-refractivity contribution in [2.24, 2.45) is 5.92 Å². The van der Waals surface area contributed by atoms with Crippen LogP contribution >= 0.6 is 0 Å². The normalized spacial score (nSPS) is 24.0. The highest BCUT2D eigenvalue weighted by molar-refractivity contribution is 6.31. The fraction of sp³-hybridized carbons (Fsp3) is 0.333. The number of carbonyl (C=O) groups excluding carboxylic acids is 2. The lowest BCUT2D eigenvalue weighted by Crippen LogP contribution is -2.37. The van der Waals surface area contributed by atoms with Crippen LogP contribution in [0.5, 0.6) is 0 Å². The maximum absolute atomic E-state index is 13.5. The molecule has 2 unspecified atom stereocenters. The third-order valence-corrected chi connectivity index (χ3v) is 4.53. The van der Waals surface area contributed by atoms with Crippen molar-refractivity contribution in [3.63, 3.8) is 0 Å². The van der Waals surface area contributed by atoms with Gasteiger partial charge in [0.25, 0.3) is 5.91 Å². The zero-order valence-corrected chi connectivity index (χ0v) is 14.1. The number of nitrogens with one attached hydrogen (secondary N) is 2. The highest BCUT2D eigenvalue weighted by Crippen LogP contribution is 2.35. The van der Waals surface area contributed by atoms with Crippen molar-refractivity contribution in [3.8, 4) is 0 Å². The van der Waals surface area contributed by atoms with Crippen molar-refractivity contribution in [3.05, 3.63) is 46.9 Å². The minimum atomic E-state index is -0.393. The Morgan fingerprint density at radius 3 is 2.71 bits per heavy atom. The van der Waals surface area contributed by atoms with Crippen LogP contribution in [0.2, 0.25) is 0 Å². The SMILES string of the molecule is CC1=C(/C=C2\C(=O)Nc3ccc(F)cc32)NC(C)C1C(=O)N(C)C. The average molecular weight is 329 g/mol. The molecule has 2 amide bonds. The number of hydrogen-bond acceptors (Lipinski definition) is 3. The molecule has 0 aliphatic carbocycles. The van der Waals surface area contributed by atoms with E-state index in [0.29, 0.717) is 16.8 Å². The van der Waals surface area contributed by atoms with Gasteiger partial charge in [0.15, 0.2) is 0 Å². The van der Waals surface area contributed by atoms with Crippen LogP contribution in [-0.2, 0) is 9.59 Å². The molecule has 0 saturated heterocycles. The second-order valence-corrected chi connectivity index (χ2v) is 6.44. The van der Waals surface area contributed by atoms with E-state index >= 15 is 0 Å². The van der Waals surface area contributed by atoms with E-state index in [0.717, 1.165) is 11.3 Å². The van der Waals surface area contributed by atoms with E-state index in [1.165, 1.54) is 12.1 Å². The third-order valence-electron chi connectivity index (χ3n) is 4.53. The average Bonchev–Trinajstić information content (AvgIpc) is 2.96. The number of nitrogens with zero attached hydrogens (tertiary/aromatic N) is 1. The summed E-state index contributed by atoms with van der Waals surface area (Å²) in [5.41, 5.74) is 3.16. The molecule has 1 aromatic carbocycles. The Hall–Kier alpha value is -2.63. The summed E-state index contributed by atoms with van der Waals surface area (Å²) in [5, 5.41) is 5.99.